The smallest absolute Gasteiger partial charge is 0.0826 e. The Hall–Kier alpha value is -0.840. The van der Waals surface area contributed by atoms with Gasteiger partial charge in [-0.15, -0.1) is 0 Å². The molecule has 1 aliphatic rings. The van der Waals surface area contributed by atoms with Crippen LogP contribution in [0.1, 0.15) is 5.69 Å². The molecule has 1 aliphatic heterocycles. The molecular weight excluding hydrogens is 202 g/mol. The minimum atomic E-state index is 0.332. The minimum absolute atomic E-state index is 0.332. The van der Waals surface area contributed by atoms with E-state index in [1.807, 2.05) is 0 Å². The van der Waals surface area contributed by atoms with Crippen LogP contribution in [0.5, 0.6) is 0 Å². The molecule has 4 nitrogen and oxygen atoms in total. The first-order valence-electron chi connectivity index (χ1n) is 5.87. The van der Waals surface area contributed by atoms with E-state index in [0.29, 0.717) is 6.10 Å². The molecule has 2 heterocycles. The molecule has 1 unspecified atom stereocenters. The summed E-state index contributed by atoms with van der Waals surface area (Å²) in [7, 11) is 4.22. The summed E-state index contributed by atoms with van der Waals surface area (Å²) in [6, 6.07) is 4.21. The molecule has 0 aliphatic carbocycles. The Balaban J connectivity index is 1.70. The lowest BCUT2D eigenvalue weighted by Crippen LogP contribution is -2.44. The number of likely N-dealkylation sites (N-methyl/N-ethyl adjacent to an activating group) is 1. The van der Waals surface area contributed by atoms with E-state index in [0.717, 1.165) is 32.8 Å². The van der Waals surface area contributed by atoms with Crippen LogP contribution in [0, 0.1) is 0 Å². The highest BCUT2D eigenvalue weighted by Crippen LogP contribution is 2.03. The number of nitrogens with zero attached hydrogens (tertiary/aromatic N) is 2. The predicted octanol–water partition coefficient (Wildman–Crippen LogP) is 0.445. The van der Waals surface area contributed by atoms with Gasteiger partial charge in [0, 0.05) is 45.1 Å². The Bertz CT molecular complexity index is 324. The molecule has 0 amide bonds. The average Bonchev–Trinajstić information content (AvgIpc) is 2.65. The van der Waals surface area contributed by atoms with Gasteiger partial charge in [0.15, 0.2) is 0 Å². The number of aryl methyl sites for hydroxylation is 1. The van der Waals surface area contributed by atoms with Crippen molar-refractivity contribution in [1.82, 2.24) is 14.8 Å². The number of aromatic nitrogens is 1. The van der Waals surface area contributed by atoms with Crippen molar-refractivity contribution < 1.29 is 4.74 Å². The van der Waals surface area contributed by atoms with Gasteiger partial charge in [-0.25, -0.2) is 0 Å². The zero-order chi connectivity index (χ0) is 11.4. The van der Waals surface area contributed by atoms with E-state index in [1.54, 1.807) is 0 Å². The second-order valence-electron chi connectivity index (χ2n) is 4.50. The van der Waals surface area contributed by atoms with Gasteiger partial charge in [0.05, 0.1) is 12.7 Å². The SMILES string of the molecule is CN1CCOC(CNCc2cccn2C)C1. The largest absolute Gasteiger partial charge is 0.374 e. The highest BCUT2D eigenvalue weighted by atomic mass is 16.5. The maximum atomic E-state index is 5.69. The van der Waals surface area contributed by atoms with Crippen LogP contribution in [0.15, 0.2) is 18.3 Å². The van der Waals surface area contributed by atoms with Gasteiger partial charge in [0.25, 0.3) is 0 Å². The lowest BCUT2D eigenvalue weighted by atomic mass is 10.3. The van der Waals surface area contributed by atoms with Gasteiger partial charge in [-0.3, -0.25) is 0 Å². The summed E-state index contributed by atoms with van der Waals surface area (Å²) >= 11 is 0. The molecule has 1 fully saturated rings. The molecule has 1 atom stereocenters. The van der Waals surface area contributed by atoms with Crippen molar-refractivity contribution in [2.45, 2.75) is 12.6 Å². The number of rotatable bonds is 4. The van der Waals surface area contributed by atoms with Crippen LogP contribution in [0.3, 0.4) is 0 Å². The molecule has 0 spiro atoms. The van der Waals surface area contributed by atoms with E-state index in [2.05, 4.69) is 47.2 Å². The fourth-order valence-electron chi connectivity index (χ4n) is 2.03. The van der Waals surface area contributed by atoms with Crippen molar-refractivity contribution in [3.63, 3.8) is 0 Å². The predicted molar refractivity (Wildman–Crippen MR) is 64.4 cm³/mol. The summed E-state index contributed by atoms with van der Waals surface area (Å²) in [4.78, 5) is 2.32. The third-order valence-corrected chi connectivity index (χ3v) is 3.07. The standard InChI is InChI=1S/C12H21N3O/c1-14-6-7-16-12(10-14)9-13-8-11-4-3-5-15(11)2/h3-5,12-13H,6-10H2,1-2H3. The van der Waals surface area contributed by atoms with Crippen LogP contribution in [0.4, 0.5) is 0 Å². The Kier molecular flexibility index (Phi) is 3.98. The molecule has 0 saturated carbocycles. The van der Waals surface area contributed by atoms with Crippen molar-refractivity contribution in [3.8, 4) is 0 Å². The Morgan fingerprint density at radius 2 is 2.38 bits per heavy atom. The van der Waals surface area contributed by atoms with Crippen molar-refractivity contribution >= 4 is 0 Å². The maximum absolute atomic E-state index is 5.69. The van der Waals surface area contributed by atoms with Crippen molar-refractivity contribution in [3.05, 3.63) is 24.0 Å². The Labute approximate surface area is 97.2 Å². The molecule has 1 N–H and O–H groups in total. The van der Waals surface area contributed by atoms with Gasteiger partial charge in [-0.2, -0.15) is 0 Å². The third-order valence-electron chi connectivity index (χ3n) is 3.07. The molecule has 0 bridgehead atoms. The van der Waals surface area contributed by atoms with E-state index in [1.165, 1.54) is 5.69 Å². The monoisotopic (exact) mass is 223 g/mol. The molecule has 1 saturated heterocycles. The lowest BCUT2D eigenvalue weighted by molar-refractivity contribution is -0.0182. The Morgan fingerprint density at radius 1 is 1.50 bits per heavy atom. The molecule has 0 radical (unpaired) electrons. The first kappa shape index (κ1) is 11.6. The molecule has 4 heteroatoms. The molecule has 1 aromatic heterocycles. The second kappa shape index (κ2) is 5.48. The number of nitrogens with one attached hydrogen (secondary N) is 1. The molecular formula is C12H21N3O. The van der Waals surface area contributed by atoms with Crippen molar-refractivity contribution in [2.75, 3.05) is 33.3 Å². The summed E-state index contributed by atoms with van der Waals surface area (Å²) in [6.45, 7) is 4.77. The quantitative estimate of drug-likeness (QED) is 0.803. The zero-order valence-corrected chi connectivity index (χ0v) is 10.1. The highest BCUT2D eigenvalue weighted by molar-refractivity contribution is 5.05. The molecule has 90 valence electrons. The first-order valence-corrected chi connectivity index (χ1v) is 5.87. The number of morpholine rings is 1. The van der Waals surface area contributed by atoms with Crippen LogP contribution in [-0.2, 0) is 18.3 Å². The lowest BCUT2D eigenvalue weighted by Gasteiger charge is -2.30. The summed E-state index contributed by atoms with van der Waals surface area (Å²) in [5.74, 6) is 0. The molecule has 0 aromatic carbocycles. The highest BCUT2D eigenvalue weighted by Gasteiger charge is 2.16. The van der Waals surface area contributed by atoms with Gasteiger partial charge in [-0.1, -0.05) is 0 Å². The van der Waals surface area contributed by atoms with Gasteiger partial charge >= 0.3 is 0 Å². The van der Waals surface area contributed by atoms with Crippen LogP contribution < -0.4 is 5.32 Å². The van der Waals surface area contributed by atoms with E-state index in [9.17, 15) is 0 Å². The minimum Gasteiger partial charge on any atom is -0.374 e. The van der Waals surface area contributed by atoms with Crippen LogP contribution >= 0.6 is 0 Å². The number of ether oxygens (including phenoxy) is 1. The molecule has 16 heavy (non-hydrogen) atoms. The maximum Gasteiger partial charge on any atom is 0.0826 e. The second-order valence-corrected chi connectivity index (χ2v) is 4.50. The van der Waals surface area contributed by atoms with Gasteiger partial charge in [0.2, 0.25) is 0 Å². The van der Waals surface area contributed by atoms with Crippen LogP contribution in [0.2, 0.25) is 0 Å². The first-order chi connectivity index (χ1) is 7.75. The molecule has 1 aromatic rings. The van der Waals surface area contributed by atoms with E-state index in [4.69, 9.17) is 4.74 Å². The van der Waals surface area contributed by atoms with Gasteiger partial charge in [-0.05, 0) is 19.2 Å². The van der Waals surface area contributed by atoms with Crippen molar-refractivity contribution in [2.24, 2.45) is 7.05 Å². The Morgan fingerprint density at radius 3 is 3.06 bits per heavy atom. The number of hydrogen-bond acceptors (Lipinski definition) is 3. The van der Waals surface area contributed by atoms with Crippen LogP contribution in [0.25, 0.3) is 0 Å². The van der Waals surface area contributed by atoms with Gasteiger partial charge in [0.1, 0.15) is 0 Å². The van der Waals surface area contributed by atoms with E-state index >= 15 is 0 Å². The topological polar surface area (TPSA) is 29.4 Å². The summed E-state index contributed by atoms with van der Waals surface area (Å²) in [5, 5.41) is 3.45. The average molecular weight is 223 g/mol. The summed E-state index contributed by atoms with van der Waals surface area (Å²) in [5.41, 5.74) is 1.31. The number of hydrogen-bond donors (Lipinski definition) is 1. The van der Waals surface area contributed by atoms with E-state index in [-0.39, 0.29) is 0 Å². The van der Waals surface area contributed by atoms with Crippen LogP contribution in [-0.4, -0.2) is 48.9 Å². The van der Waals surface area contributed by atoms with E-state index < -0.39 is 0 Å². The third kappa shape index (κ3) is 3.07. The molecule has 2 rings (SSSR count). The van der Waals surface area contributed by atoms with Gasteiger partial charge < -0.3 is 19.5 Å². The summed E-state index contributed by atoms with van der Waals surface area (Å²) < 4.78 is 7.83. The normalized spacial score (nSPS) is 22.5. The van der Waals surface area contributed by atoms with Crippen molar-refractivity contribution in [1.29, 1.82) is 0 Å². The fraction of sp³-hybridized carbons (Fsp3) is 0.667. The summed E-state index contributed by atoms with van der Waals surface area (Å²) in [6.07, 6.45) is 2.40. The zero-order valence-electron chi connectivity index (χ0n) is 10.1. The fourth-order valence-corrected chi connectivity index (χ4v) is 2.03.